The van der Waals surface area contributed by atoms with Crippen LogP contribution in [0.5, 0.6) is 0 Å². The van der Waals surface area contributed by atoms with E-state index in [1.807, 2.05) is 47.9 Å². The number of anilines is 1. The van der Waals surface area contributed by atoms with Gasteiger partial charge in [-0.05, 0) is 53.8 Å². The fraction of sp³-hybridized carbons (Fsp3) is 0.0714. The Morgan fingerprint density at radius 3 is 3.00 bits per heavy atom. The summed E-state index contributed by atoms with van der Waals surface area (Å²) in [5.41, 5.74) is 5.73. The van der Waals surface area contributed by atoms with Crippen molar-refractivity contribution in [2.75, 3.05) is 5.43 Å². The third-order valence-electron chi connectivity index (χ3n) is 2.83. The molecule has 6 heteroatoms. The molecule has 3 heterocycles. The number of imidazole rings is 1. The number of nitrogens with one attached hydrogen (secondary N) is 1. The molecule has 0 bridgehead atoms. The lowest BCUT2D eigenvalue weighted by Crippen LogP contribution is -1.97. The summed E-state index contributed by atoms with van der Waals surface area (Å²) >= 11 is 2.28. The third kappa shape index (κ3) is 2.64. The molecule has 0 atom stereocenters. The largest absolute Gasteiger partial charge is 0.297 e. The van der Waals surface area contributed by atoms with Gasteiger partial charge in [-0.1, -0.05) is 6.07 Å². The van der Waals surface area contributed by atoms with Gasteiger partial charge in [-0.3, -0.25) is 9.83 Å². The molecule has 0 aliphatic carbocycles. The van der Waals surface area contributed by atoms with Crippen LogP contribution in [-0.2, 0) is 0 Å². The van der Waals surface area contributed by atoms with Gasteiger partial charge in [0, 0.05) is 16.0 Å². The Kier molecular flexibility index (Phi) is 3.64. The Labute approximate surface area is 129 Å². The monoisotopic (exact) mass is 377 g/mol. The molecule has 0 unspecified atom stereocenters. The Hall–Kier alpha value is -1.96. The van der Waals surface area contributed by atoms with E-state index < -0.39 is 0 Å². The van der Waals surface area contributed by atoms with Gasteiger partial charge >= 0.3 is 0 Å². The maximum atomic E-state index is 4.50. The highest BCUT2D eigenvalue weighted by Gasteiger charge is 2.06. The lowest BCUT2D eigenvalue weighted by Gasteiger charge is -1.99. The van der Waals surface area contributed by atoms with Crippen molar-refractivity contribution in [3.8, 4) is 0 Å². The Morgan fingerprint density at radius 2 is 2.20 bits per heavy atom. The van der Waals surface area contributed by atoms with Crippen molar-refractivity contribution in [2.24, 2.45) is 5.10 Å². The molecule has 0 saturated carbocycles. The second kappa shape index (κ2) is 5.58. The van der Waals surface area contributed by atoms with E-state index >= 15 is 0 Å². The topological polar surface area (TPSA) is 54.6 Å². The second-order valence-electron chi connectivity index (χ2n) is 4.24. The fourth-order valence-corrected chi connectivity index (χ4v) is 2.36. The van der Waals surface area contributed by atoms with E-state index in [0.717, 1.165) is 20.6 Å². The van der Waals surface area contributed by atoms with E-state index in [1.165, 1.54) is 0 Å². The molecule has 100 valence electrons. The number of rotatable bonds is 3. The minimum absolute atomic E-state index is 0.713. The summed E-state index contributed by atoms with van der Waals surface area (Å²) in [5.74, 6) is 0.713. The number of nitrogens with zero attached hydrogens (tertiary/aromatic N) is 4. The van der Waals surface area contributed by atoms with Crippen LogP contribution in [0, 0.1) is 10.5 Å². The average Bonchev–Trinajstić information content (AvgIpc) is 2.76. The van der Waals surface area contributed by atoms with E-state index in [9.17, 15) is 0 Å². The van der Waals surface area contributed by atoms with Crippen LogP contribution in [0.4, 0.5) is 5.82 Å². The highest BCUT2D eigenvalue weighted by atomic mass is 127. The zero-order valence-corrected chi connectivity index (χ0v) is 12.9. The van der Waals surface area contributed by atoms with Crippen molar-refractivity contribution < 1.29 is 0 Å². The van der Waals surface area contributed by atoms with E-state index in [1.54, 1.807) is 12.4 Å². The summed E-state index contributed by atoms with van der Waals surface area (Å²) in [6.45, 7) is 1.97. The van der Waals surface area contributed by atoms with Crippen LogP contribution in [-0.4, -0.2) is 20.6 Å². The van der Waals surface area contributed by atoms with Crippen LogP contribution in [0.15, 0.2) is 47.8 Å². The Morgan fingerprint density at radius 1 is 1.30 bits per heavy atom. The van der Waals surface area contributed by atoms with Crippen molar-refractivity contribution in [1.82, 2.24) is 14.4 Å². The maximum absolute atomic E-state index is 4.50. The molecule has 0 aliphatic rings. The lowest BCUT2D eigenvalue weighted by molar-refractivity contribution is 1.15. The Balaban J connectivity index is 1.90. The second-order valence-corrected chi connectivity index (χ2v) is 5.49. The number of hydrogen-bond donors (Lipinski definition) is 1. The molecule has 0 aliphatic heterocycles. The molecule has 0 radical (unpaired) electrons. The predicted molar refractivity (Wildman–Crippen MR) is 88.1 cm³/mol. The first-order chi connectivity index (χ1) is 9.74. The van der Waals surface area contributed by atoms with E-state index in [4.69, 9.17) is 0 Å². The molecule has 0 aromatic carbocycles. The first kappa shape index (κ1) is 13.0. The lowest BCUT2D eigenvalue weighted by atomic mass is 10.4. The summed E-state index contributed by atoms with van der Waals surface area (Å²) in [5, 5.41) is 4.22. The summed E-state index contributed by atoms with van der Waals surface area (Å²) in [7, 11) is 0. The number of hydrogen-bond acceptors (Lipinski definition) is 4. The Bertz CT molecular complexity index is 764. The van der Waals surface area contributed by atoms with Gasteiger partial charge in [0.25, 0.3) is 0 Å². The highest BCUT2D eigenvalue weighted by molar-refractivity contribution is 14.1. The van der Waals surface area contributed by atoms with Crippen LogP contribution in [0.1, 0.15) is 11.4 Å². The molecule has 3 aromatic heterocycles. The van der Waals surface area contributed by atoms with Crippen LogP contribution in [0.25, 0.3) is 5.65 Å². The van der Waals surface area contributed by atoms with Gasteiger partial charge in [-0.15, -0.1) is 0 Å². The first-order valence-electron chi connectivity index (χ1n) is 6.08. The summed E-state index contributed by atoms with van der Waals surface area (Å²) in [6, 6.07) is 9.67. The van der Waals surface area contributed by atoms with Crippen molar-refractivity contribution in [2.45, 2.75) is 6.92 Å². The number of hydrazone groups is 1. The van der Waals surface area contributed by atoms with Gasteiger partial charge in [0.1, 0.15) is 11.5 Å². The molecule has 0 fully saturated rings. The van der Waals surface area contributed by atoms with Crippen molar-refractivity contribution in [3.05, 3.63) is 57.7 Å². The smallest absolute Gasteiger partial charge is 0.146 e. The molecular weight excluding hydrogens is 365 g/mol. The van der Waals surface area contributed by atoms with Gasteiger partial charge in [0.15, 0.2) is 0 Å². The fourth-order valence-electron chi connectivity index (χ4n) is 1.90. The average molecular weight is 377 g/mol. The van der Waals surface area contributed by atoms with Gasteiger partial charge < -0.3 is 0 Å². The first-order valence-corrected chi connectivity index (χ1v) is 7.16. The molecule has 5 nitrogen and oxygen atoms in total. The molecule has 20 heavy (non-hydrogen) atoms. The molecule has 0 spiro atoms. The number of pyridine rings is 2. The van der Waals surface area contributed by atoms with Gasteiger partial charge in [0.05, 0.1) is 17.6 Å². The van der Waals surface area contributed by atoms with E-state index in [-0.39, 0.29) is 0 Å². The van der Waals surface area contributed by atoms with Crippen molar-refractivity contribution in [3.63, 3.8) is 0 Å². The predicted octanol–water partition coefficient (Wildman–Crippen LogP) is 3.09. The van der Waals surface area contributed by atoms with Crippen molar-refractivity contribution in [1.29, 1.82) is 0 Å². The van der Waals surface area contributed by atoms with Gasteiger partial charge in [0.2, 0.25) is 0 Å². The number of aryl methyl sites for hydroxylation is 1. The van der Waals surface area contributed by atoms with Crippen LogP contribution < -0.4 is 5.43 Å². The zero-order chi connectivity index (χ0) is 13.9. The number of aromatic nitrogens is 3. The molecule has 1 N–H and O–H groups in total. The summed E-state index contributed by atoms with van der Waals surface area (Å²) in [6.07, 6.45) is 5.53. The minimum atomic E-state index is 0.713. The molecule has 0 saturated heterocycles. The number of fused-ring (bicyclic) bond motifs is 1. The quantitative estimate of drug-likeness (QED) is 0.434. The maximum Gasteiger partial charge on any atom is 0.146 e. The third-order valence-corrected chi connectivity index (χ3v) is 3.47. The molecule has 0 amide bonds. The zero-order valence-electron chi connectivity index (χ0n) is 10.8. The standard InChI is InChI=1S/C14H12IN5/c1-10-12(8-17-19-13-4-2-3-7-16-13)20-9-11(15)5-6-14(20)18-10/h2-9H,1H3,(H,16,19)/b17-8-. The van der Waals surface area contributed by atoms with Gasteiger partial charge in [-0.25, -0.2) is 9.97 Å². The minimum Gasteiger partial charge on any atom is -0.297 e. The molecule has 3 aromatic rings. The summed E-state index contributed by atoms with van der Waals surface area (Å²) < 4.78 is 3.18. The van der Waals surface area contributed by atoms with Gasteiger partial charge in [-0.2, -0.15) is 5.10 Å². The van der Waals surface area contributed by atoms with Crippen molar-refractivity contribution >= 4 is 40.3 Å². The van der Waals surface area contributed by atoms with E-state index in [2.05, 4.69) is 43.1 Å². The van der Waals surface area contributed by atoms with Crippen LogP contribution >= 0.6 is 22.6 Å². The summed E-state index contributed by atoms with van der Waals surface area (Å²) in [4.78, 5) is 8.65. The normalized spacial score (nSPS) is 11.3. The van der Waals surface area contributed by atoms with Crippen LogP contribution in [0.2, 0.25) is 0 Å². The highest BCUT2D eigenvalue weighted by Crippen LogP contribution is 2.13. The number of halogens is 1. The molecular formula is C14H12IN5. The molecule has 3 rings (SSSR count). The van der Waals surface area contributed by atoms with E-state index in [0.29, 0.717) is 5.82 Å². The SMILES string of the molecule is Cc1nc2ccc(I)cn2c1/C=N\Nc1ccccn1. The van der Waals surface area contributed by atoms with Crippen LogP contribution in [0.3, 0.4) is 0 Å².